The molecule has 1 saturated heterocycles. The fourth-order valence-corrected chi connectivity index (χ4v) is 3.12. The Morgan fingerprint density at radius 2 is 2.11 bits per heavy atom. The number of rotatable bonds is 5. The maximum Gasteiger partial charge on any atom is 0.333 e. The number of nitrogens with zero attached hydrogens (tertiary/aromatic N) is 5. The van der Waals surface area contributed by atoms with Gasteiger partial charge in [-0.25, -0.2) is 14.6 Å². The molecule has 0 atom stereocenters. The van der Waals surface area contributed by atoms with Gasteiger partial charge in [-0.05, 0) is 12.8 Å². The lowest BCUT2D eigenvalue weighted by molar-refractivity contribution is 0.0568. The molecule has 28 heavy (non-hydrogen) atoms. The molecule has 0 radical (unpaired) electrons. The van der Waals surface area contributed by atoms with Gasteiger partial charge in [0.1, 0.15) is 5.69 Å². The summed E-state index contributed by atoms with van der Waals surface area (Å²) in [6.07, 6.45) is 6.19. The largest absolute Gasteiger partial charge is 0.478 e. The molecule has 1 amide bonds. The number of ether oxygens (including phenoxy) is 2. The molecule has 4 heterocycles. The van der Waals surface area contributed by atoms with Gasteiger partial charge in [-0.3, -0.25) is 9.20 Å². The molecule has 4 rings (SSSR count). The van der Waals surface area contributed by atoms with Crippen molar-refractivity contribution in [2.24, 2.45) is 0 Å². The summed E-state index contributed by atoms with van der Waals surface area (Å²) < 4.78 is 38.0. The molecular formula is C17H18F2N6O3. The van der Waals surface area contributed by atoms with E-state index in [1.165, 1.54) is 19.4 Å². The first-order valence-corrected chi connectivity index (χ1v) is 8.71. The summed E-state index contributed by atoms with van der Waals surface area (Å²) in [4.78, 5) is 21.3. The molecule has 3 aromatic heterocycles. The van der Waals surface area contributed by atoms with Gasteiger partial charge < -0.3 is 14.8 Å². The topological polar surface area (TPSA) is 95.6 Å². The highest BCUT2D eigenvalue weighted by atomic mass is 19.3. The van der Waals surface area contributed by atoms with Crippen LogP contribution < -0.4 is 10.1 Å². The highest BCUT2D eigenvalue weighted by Crippen LogP contribution is 2.28. The third-order valence-corrected chi connectivity index (χ3v) is 4.54. The minimum absolute atomic E-state index is 0.000287. The fourth-order valence-electron chi connectivity index (χ4n) is 3.12. The van der Waals surface area contributed by atoms with Gasteiger partial charge in [0, 0.05) is 43.8 Å². The normalized spacial score (nSPS) is 15.3. The van der Waals surface area contributed by atoms with Gasteiger partial charge in [-0.2, -0.15) is 13.9 Å². The number of amides is 1. The van der Waals surface area contributed by atoms with Gasteiger partial charge >= 0.3 is 6.55 Å². The van der Waals surface area contributed by atoms with E-state index >= 15 is 0 Å². The Morgan fingerprint density at radius 1 is 1.32 bits per heavy atom. The van der Waals surface area contributed by atoms with Crippen molar-refractivity contribution in [2.75, 3.05) is 25.6 Å². The second-order valence-electron chi connectivity index (χ2n) is 6.33. The zero-order valence-electron chi connectivity index (χ0n) is 15.0. The Morgan fingerprint density at radius 3 is 2.79 bits per heavy atom. The van der Waals surface area contributed by atoms with Crippen LogP contribution in [0.2, 0.25) is 0 Å². The summed E-state index contributed by atoms with van der Waals surface area (Å²) in [5, 5.41) is 6.04. The zero-order valence-corrected chi connectivity index (χ0v) is 15.0. The molecule has 3 aromatic rings. The van der Waals surface area contributed by atoms with Crippen LogP contribution in [0.25, 0.3) is 5.65 Å². The molecule has 1 N–H and O–H groups in total. The minimum Gasteiger partial charge on any atom is -0.478 e. The van der Waals surface area contributed by atoms with Crippen molar-refractivity contribution < 1.29 is 23.0 Å². The SMILES string of the molecule is COc1nc(C(=O)Nc2ccn(C(F)F)n2)cn2cc(C3CCOCC3)nc12. The molecule has 1 fully saturated rings. The minimum atomic E-state index is -2.78. The molecule has 0 aliphatic carbocycles. The Kier molecular flexibility index (Phi) is 4.90. The third-order valence-electron chi connectivity index (χ3n) is 4.54. The Balaban J connectivity index is 1.61. The number of nitrogens with one attached hydrogen (secondary N) is 1. The molecule has 9 nitrogen and oxygen atoms in total. The molecule has 0 unspecified atom stereocenters. The van der Waals surface area contributed by atoms with E-state index in [0.717, 1.165) is 24.7 Å². The standard InChI is InChI=1S/C17H18F2N6O3/c1-27-16-14-20-11(10-3-6-28-7-4-10)8-24(14)9-12(21-16)15(26)22-13-2-5-25(23-13)17(18)19/h2,5,8-10,17H,3-4,6-7H2,1H3,(H,22,23,26). The molecule has 11 heteroatoms. The van der Waals surface area contributed by atoms with Crippen LogP contribution in [0.15, 0.2) is 24.7 Å². The average molecular weight is 392 g/mol. The first-order chi connectivity index (χ1) is 13.5. The van der Waals surface area contributed by atoms with E-state index in [0.29, 0.717) is 23.5 Å². The first kappa shape index (κ1) is 18.3. The number of carbonyl (C=O) groups excluding carboxylic acids is 1. The number of hydrogen-bond acceptors (Lipinski definition) is 6. The summed E-state index contributed by atoms with van der Waals surface area (Å²) in [6.45, 7) is -1.41. The van der Waals surface area contributed by atoms with Gasteiger partial charge in [0.05, 0.1) is 12.8 Å². The lowest BCUT2D eigenvalue weighted by Crippen LogP contribution is -2.16. The van der Waals surface area contributed by atoms with Crippen molar-refractivity contribution in [1.29, 1.82) is 0 Å². The summed E-state index contributed by atoms with van der Waals surface area (Å²) in [5.41, 5.74) is 1.44. The van der Waals surface area contributed by atoms with Gasteiger partial charge in [0.15, 0.2) is 5.82 Å². The third kappa shape index (κ3) is 3.52. The van der Waals surface area contributed by atoms with Crippen molar-refractivity contribution in [2.45, 2.75) is 25.3 Å². The number of aromatic nitrogens is 5. The molecule has 0 bridgehead atoms. The van der Waals surface area contributed by atoms with E-state index in [4.69, 9.17) is 9.47 Å². The molecule has 1 aliphatic heterocycles. The summed E-state index contributed by atoms with van der Waals surface area (Å²) in [6, 6.07) is 1.28. The van der Waals surface area contributed by atoms with Crippen LogP contribution in [-0.4, -0.2) is 50.4 Å². The number of fused-ring (bicyclic) bond motifs is 1. The highest BCUT2D eigenvalue weighted by molar-refractivity contribution is 6.02. The van der Waals surface area contributed by atoms with Crippen LogP contribution in [0.3, 0.4) is 0 Å². The van der Waals surface area contributed by atoms with E-state index < -0.39 is 12.5 Å². The molecule has 0 aromatic carbocycles. The van der Waals surface area contributed by atoms with E-state index in [1.54, 1.807) is 4.40 Å². The van der Waals surface area contributed by atoms with Gasteiger partial charge in [0.25, 0.3) is 11.8 Å². The van der Waals surface area contributed by atoms with Gasteiger partial charge in [0.2, 0.25) is 5.65 Å². The van der Waals surface area contributed by atoms with Gasteiger partial charge in [-0.15, -0.1) is 0 Å². The molecule has 0 saturated carbocycles. The molecule has 148 valence electrons. The fraction of sp³-hybridized carbons (Fsp3) is 0.412. The van der Waals surface area contributed by atoms with Crippen LogP contribution in [0.4, 0.5) is 14.6 Å². The molecular weight excluding hydrogens is 374 g/mol. The first-order valence-electron chi connectivity index (χ1n) is 8.71. The van der Waals surface area contributed by atoms with Crippen molar-refractivity contribution in [3.63, 3.8) is 0 Å². The lowest BCUT2D eigenvalue weighted by Gasteiger charge is -2.19. The van der Waals surface area contributed by atoms with Crippen LogP contribution in [-0.2, 0) is 4.74 Å². The number of alkyl halides is 2. The predicted octanol–water partition coefficient (Wildman–Crippen LogP) is 2.48. The number of anilines is 1. The Labute approximate surface area is 158 Å². The van der Waals surface area contributed by atoms with E-state index in [1.807, 2.05) is 6.20 Å². The number of hydrogen-bond donors (Lipinski definition) is 1. The number of methoxy groups -OCH3 is 1. The second-order valence-corrected chi connectivity index (χ2v) is 6.33. The van der Waals surface area contributed by atoms with E-state index in [9.17, 15) is 13.6 Å². The smallest absolute Gasteiger partial charge is 0.333 e. The second kappa shape index (κ2) is 7.50. The van der Waals surface area contributed by atoms with Crippen molar-refractivity contribution in [3.8, 4) is 5.88 Å². The quantitative estimate of drug-likeness (QED) is 0.717. The summed E-state index contributed by atoms with van der Waals surface area (Å²) >= 11 is 0. The zero-order chi connectivity index (χ0) is 19.7. The Hall–Kier alpha value is -3.08. The van der Waals surface area contributed by atoms with Crippen molar-refractivity contribution in [1.82, 2.24) is 24.1 Å². The summed E-state index contributed by atoms with van der Waals surface area (Å²) in [5.74, 6) is -0.126. The monoisotopic (exact) mass is 392 g/mol. The highest BCUT2D eigenvalue weighted by Gasteiger charge is 2.22. The van der Waals surface area contributed by atoms with E-state index in [2.05, 4.69) is 20.4 Å². The van der Waals surface area contributed by atoms with Gasteiger partial charge in [-0.1, -0.05) is 0 Å². The van der Waals surface area contributed by atoms with Crippen molar-refractivity contribution in [3.05, 3.63) is 36.0 Å². The average Bonchev–Trinajstić information content (AvgIpc) is 3.34. The van der Waals surface area contributed by atoms with Crippen molar-refractivity contribution >= 4 is 17.4 Å². The summed E-state index contributed by atoms with van der Waals surface area (Å²) in [7, 11) is 1.44. The Bertz CT molecular complexity index is 996. The lowest BCUT2D eigenvalue weighted by atomic mass is 9.97. The maximum absolute atomic E-state index is 12.6. The number of halogens is 2. The van der Waals surface area contributed by atoms with E-state index in [-0.39, 0.29) is 23.3 Å². The van der Waals surface area contributed by atoms with Crippen LogP contribution in [0, 0.1) is 0 Å². The van der Waals surface area contributed by atoms with Crippen LogP contribution >= 0.6 is 0 Å². The number of carbonyl (C=O) groups is 1. The maximum atomic E-state index is 12.6. The number of imidazole rings is 1. The molecule has 1 aliphatic rings. The van der Waals surface area contributed by atoms with Crippen LogP contribution in [0.1, 0.15) is 41.5 Å². The molecule has 0 spiro atoms. The predicted molar refractivity (Wildman–Crippen MR) is 93.8 cm³/mol. The van der Waals surface area contributed by atoms with Crippen LogP contribution in [0.5, 0.6) is 5.88 Å².